The van der Waals surface area contributed by atoms with Crippen molar-refractivity contribution in [1.82, 2.24) is 5.32 Å². The van der Waals surface area contributed by atoms with Crippen LogP contribution in [-0.2, 0) is 14.3 Å². The molecule has 0 aromatic rings. The van der Waals surface area contributed by atoms with Crippen LogP contribution in [0, 0.1) is 0 Å². The molecule has 0 bridgehead atoms. The fourth-order valence-electron chi connectivity index (χ4n) is 7.67. The van der Waals surface area contributed by atoms with Crippen LogP contribution in [0.15, 0.2) is 36.5 Å². The molecule has 0 rings (SSSR count). The van der Waals surface area contributed by atoms with Gasteiger partial charge in [0.25, 0.3) is 0 Å². The van der Waals surface area contributed by atoms with Gasteiger partial charge in [0, 0.05) is 6.42 Å². The van der Waals surface area contributed by atoms with Gasteiger partial charge in [-0.1, -0.05) is 231 Å². The first-order valence-electron chi connectivity index (χ1n) is 25.2. The molecular formula is C52H97NO5. The number of carbonyl (C=O) groups is 2. The molecule has 58 heavy (non-hydrogen) atoms. The smallest absolute Gasteiger partial charge is 0.306 e. The summed E-state index contributed by atoms with van der Waals surface area (Å²) < 4.78 is 5.89. The Labute approximate surface area is 360 Å². The van der Waals surface area contributed by atoms with Crippen molar-refractivity contribution >= 4 is 11.9 Å². The van der Waals surface area contributed by atoms with Crippen molar-refractivity contribution in [3.63, 3.8) is 0 Å². The normalized spacial score (nSPS) is 13.5. The summed E-state index contributed by atoms with van der Waals surface area (Å²) in [7, 11) is 0. The highest BCUT2D eigenvalue weighted by Crippen LogP contribution is 2.18. The molecule has 0 saturated carbocycles. The number of ether oxygens (including phenoxy) is 1. The fourth-order valence-corrected chi connectivity index (χ4v) is 7.67. The third-order valence-corrected chi connectivity index (χ3v) is 11.5. The zero-order valence-corrected chi connectivity index (χ0v) is 38.7. The maximum Gasteiger partial charge on any atom is 0.306 e. The van der Waals surface area contributed by atoms with Crippen molar-refractivity contribution in [2.24, 2.45) is 0 Å². The van der Waals surface area contributed by atoms with Gasteiger partial charge in [-0.2, -0.15) is 0 Å². The quantitative estimate of drug-likeness (QED) is 0.0323. The van der Waals surface area contributed by atoms with E-state index in [4.69, 9.17) is 4.74 Å². The van der Waals surface area contributed by atoms with Crippen molar-refractivity contribution < 1.29 is 24.5 Å². The number of hydrogen-bond donors (Lipinski definition) is 3. The van der Waals surface area contributed by atoms with E-state index in [0.29, 0.717) is 19.3 Å². The van der Waals surface area contributed by atoms with E-state index >= 15 is 0 Å². The predicted molar refractivity (Wildman–Crippen MR) is 250 cm³/mol. The molecule has 3 atom stereocenters. The van der Waals surface area contributed by atoms with Gasteiger partial charge >= 0.3 is 5.97 Å². The Kier molecular flexibility index (Phi) is 44.6. The molecule has 0 aromatic heterocycles. The minimum atomic E-state index is -0.787. The van der Waals surface area contributed by atoms with Crippen LogP contribution in [0.25, 0.3) is 0 Å². The van der Waals surface area contributed by atoms with Crippen molar-refractivity contribution in [2.75, 3.05) is 6.61 Å². The van der Waals surface area contributed by atoms with Crippen LogP contribution in [-0.4, -0.2) is 46.9 Å². The number of unbranched alkanes of at least 4 members (excludes halogenated alkanes) is 29. The molecule has 0 aliphatic carbocycles. The molecule has 0 aliphatic heterocycles. The highest BCUT2D eigenvalue weighted by Gasteiger charge is 2.24. The molecule has 0 heterocycles. The number of amides is 1. The lowest BCUT2D eigenvalue weighted by atomic mass is 10.0. The maximum absolute atomic E-state index is 13.1. The number of aliphatic hydroxyl groups is 2. The van der Waals surface area contributed by atoms with Gasteiger partial charge in [0.1, 0.15) is 6.10 Å². The number of rotatable bonds is 45. The number of allylic oxidation sites excluding steroid dienone is 6. The summed E-state index contributed by atoms with van der Waals surface area (Å²) in [5.74, 6) is -0.494. The molecule has 0 spiro atoms. The van der Waals surface area contributed by atoms with Crippen LogP contribution in [0.1, 0.15) is 258 Å². The Bertz CT molecular complexity index is 961. The van der Waals surface area contributed by atoms with Gasteiger partial charge < -0.3 is 20.3 Å². The van der Waals surface area contributed by atoms with Gasteiger partial charge in [0.15, 0.2) is 0 Å². The Hall–Kier alpha value is -1.92. The Morgan fingerprint density at radius 3 is 1.31 bits per heavy atom. The molecular weight excluding hydrogens is 719 g/mol. The molecule has 0 saturated heterocycles. The molecule has 6 heteroatoms. The molecule has 6 nitrogen and oxygen atoms in total. The zero-order chi connectivity index (χ0) is 42.4. The lowest BCUT2D eigenvalue weighted by Gasteiger charge is -2.24. The van der Waals surface area contributed by atoms with Crippen molar-refractivity contribution in [2.45, 2.75) is 277 Å². The van der Waals surface area contributed by atoms with Gasteiger partial charge in [-0.05, 0) is 51.4 Å². The number of hydrogen-bond acceptors (Lipinski definition) is 5. The summed E-state index contributed by atoms with van der Waals surface area (Å²) in [5.41, 5.74) is 0. The average Bonchev–Trinajstić information content (AvgIpc) is 3.21. The zero-order valence-electron chi connectivity index (χ0n) is 38.7. The Balaban J connectivity index is 4.40. The number of carbonyl (C=O) groups excluding carboxylic acids is 2. The third kappa shape index (κ3) is 40.8. The number of esters is 1. The second kappa shape index (κ2) is 46.2. The van der Waals surface area contributed by atoms with E-state index in [-0.39, 0.29) is 24.9 Å². The van der Waals surface area contributed by atoms with E-state index in [1.807, 2.05) is 0 Å². The molecule has 0 radical (unpaired) electrons. The van der Waals surface area contributed by atoms with Crippen molar-refractivity contribution in [3.8, 4) is 0 Å². The first-order valence-corrected chi connectivity index (χ1v) is 25.2. The standard InChI is InChI=1S/C52H97NO5/c1-4-7-10-13-16-18-20-22-24-25-26-27-29-31-33-36-39-42-45-52(57)58-48(43-40-37-34-15-12-9-6-3)46-51(56)53-49(47-54)50(55)44-41-38-35-32-30-28-23-21-19-17-14-11-8-5-2/h20,22,24-27,48-50,54-55H,4-19,21,23,28-47H2,1-3H3,(H,53,56)/b22-20+,25-24+,27-26+. The summed E-state index contributed by atoms with van der Waals surface area (Å²) in [4.78, 5) is 26.0. The van der Waals surface area contributed by atoms with Gasteiger partial charge in [-0.25, -0.2) is 0 Å². The SMILES string of the molecule is CCCCCCC/C=C/C=C/C=C/CCCCCCCC(=O)OC(CCCCCCCCC)CC(=O)NC(CO)C(O)CCCCCCCCCCCCCCCC. The molecule has 0 aliphatic rings. The molecule has 1 amide bonds. The molecule has 0 aromatic carbocycles. The summed E-state index contributed by atoms with van der Waals surface area (Å²) in [6.07, 6.45) is 53.6. The van der Waals surface area contributed by atoms with E-state index in [9.17, 15) is 19.8 Å². The van der Waals surface area contributed by atoms with Crippen LogP contribution in [0.3, 0.4) is 0 Å². The monoisotopic (exact) mass is 816 g/mol. The minimum Gasteiger partial charge on any atom is -0.462 e. The largest absolute Gasteiger partial charge is 0.462 e. The predicted octanol–water partition coefficient (Wildman–Crippen LogP) is 14.9. The molecule has 3 unspecified atom stereocenters. The molecule has 340 valence electrons. The van der Waals surface area contributed by atoms with Gasteiger partial charge in [-0.15, -0.1) is 0 Å². The van der Waals surface area contributed by atoms with E-state index < -0.39 is 18.2 Å². The maximum atomic E-state index is 13.1. The Morgan fingerprint density at radius 1 is 0.500 bits per heavy atom. The highest BCUT2D eigenvalue weighted by atomic mass is 16.5. The minimum absolute atomic E-state index is 0.0712. The molecule has 3 N–H and O–H groups in total. The van der Waals surface area contributed by atoms with E-state index in [1.54, 1.807) is 0 Å². The number of aliphatic hydroxyl groups excluding tert-OH is 2. The third-order valence-electron chi connectivity index (χ3n) is 11.5. The lowest BCUT2D eigenvalue weighted by Crippen LogP contribution is -2.46. The second-order valence-corrected chi connectivity index (χ2v) is 17.3. The van der Waals surface area contributed by atoms with E-state index in [0.717, 1.165) is 70.6 Å². The first kappa shape index (κ1) is 56.1. The average molecular weight is 816 g/mol. The van der Waals surface area contributed by atoms with Gasteiger partial charge in [0.05, 0.1) is 25.2 Å². The van der Waals surface area contributed by atoms with Crippen molar-refractivity contribution in [3.05, 3.63) is 36.5 Å². The Morgan fingerprint density at radius 2 is 0.879 bits per heavy atom. The fraction of sp³-hybridized carbons (Fsp3) is 0.846. The van der Waals surface area contributed by atoms with E-state index in [2.05, 4.69) is 62.5 Å². The van der Waals surface area contributed by atoms with Crippen LogP contribution in [0.5, 0.6) is 0 Å². The summed E-state index contributed by atoms with van der Waals surface area (Å²) in [6.45, 7) is 6.44. The summed E-state index contributed by atoms with van der Waals surface area (Å²) in [6, 6.07) is -0.701. The first-order chi connectivity index (χ1) is 28.5. The number of nitrogens with one attached hydrogen (secondary N) is 1. The van der Waals surface area contributed by atoms with Gasteiger partial charge in [0.2, 0.25) is 5.91 Å². The highest BCUT2D eigenvalue weighted by molar-refractivity contribution is 5.77. The van der Waals surface area contributed by atoms with Gasteiger partial charge in [-0.3, -0.25) is 9.59 Å². The lowest BCUT2D eigenvalue weighted by molar-refractivity contribution is -0.151. The van der Waals surface area contributed by atoms with E-state index in [1.165, 1.54) is 141 Å². The van der Waals surface area contributed by atoms with Crippen LogP contribution < -0.4 is 5.32 Å². The topological polar surface area (TPSA) is 95.9 Å². The summed E-state index contributed by atoms with van der Waals surface area (Å²) in [5, 5.41) is 23.7. The van der Waals surface area contributed by atoms with Crippen LogP contribution in [0.4, 0.5) is 0 Å². The second-order valence-electron chi connectivity index (χ2n) is 17.3. The van der Waals surface area contributed by atoms with Crippen LogP contribution >= 0.6 is 0 Å². The molecule has 0 fully saturated rings. The van der Waals surface area contributed by atoms with Crippen LogP contribution in [0.2, 0.25) is 0 Å². The summed E-state index contributed by atoms with van der Waals surface area (Å²) >= 11 is 0. The van der Waals surface area contributed by atoms with Crippen molar-refractivity contribution in [1.29, 1.82) is 0 Å².